The maximum absolute atomic E-state index is 13.1. The van der Waals surface area contributed by atoms with Crippen LogP contribution in [0.4, 0.5) is 0 Å². The molecule has 0 unspecified atom stereocenters. The number of fused-ring (bicyclic) bond motifs is 1. The first-order chi connectivity index (χ1) is 14.7. The summed E-state index contributed by atoms with van der Waals surface area (Å²) in [5, 5.41) is 68.4. The zero-order valence-electron chi connectivity index (χ0n) is 15.6. The summed E-state index contributed by atoms with van der Waals surface area (Å²) >= 11 is 0. The first-order valence-corrected chi connectivity index (χ1v) is 9.04. The van der Waals surface area contributed by atoms with Gasteiger partial charge in [-0.15, -0.1) is 0 Å². The Labute approximate surface area is 173 Å². The fourth-order valence-electron chi connectivity index (χ4n) is 3.22. The number of benzene rings is 2. The van der Waals surface area contributed by atoms with Crippen LogP contribution in [0.25, 0.3) is 22.3 Å². The molecule has 0 spiro atoms. The third kappa shape index (κ3) is 3.65. The van der Waals surface area contributed by atoms with Gasteiger partial charge in [0.2, 0.25) is 17.5 Å². The van der Waals surface area contributed by atoms with E-state index in [4.69, 9.17) is 13.9 Å². The Morgan fingerprint density at radius 3 is 2.19 bits per heavy atom. The van der Waals surface area contributed by atoms with E-state index in [0.717, 1.165) is 12.1 Å². The minimum Gasteiger partial charge on any atom is -0.508 e. The summed E-state index contributed by atoms with van der Waals surface area (Å²) < 4.78 is 16.1. The van der Waals surface area contributed by atoms with Crippen molar-refractivity contribution >= 4 is 11.0 Å². The number of phenolic OH excluding ortho intramolecular Hbond substituents is 3. The highest BCUT2D eigenvalue weighted by Gasteiger charge is 2.45. The number of phenols is 3. The van der Waals surface area contributed by atoms with Gasteiger partial charge >= 0.3 is 0 Å². The van der Waals surface area contributed by atoms with Crippen LogP contribution in [0.15, 0.2) is 45.6 Å². The first kappa shape index (κ1) is 20.9. The van der Waals surface area contributed by atoms with Crippen molar-refractivity contribution in [1.82, 2.24) is 0 Å². The van der Waals surface area contributed by atoms with Crippen LogP contribution in [0, 0.1) is 0 Å². The maximum atomic E-state index is 13.1. The summed E-state index contributed by atoms with van der Waals surface area (Å²) in [7, 11) is 0. The monoisotopic (exact) mass is 434 g/mol. The van der Waals surface area contributed by atoms with Gasteiger partial charge in [0.05, 0.1) is 0 Å². The van der Waals surface area contributed by atoms with Crippen LogP contribution in [0.3, 0.4) is 0 Å². The third-order valence-electron chi connectivity index (χ3n) is 4.83. The fourth-order valence-corrected chi connectivity index (χ4v) is 3.22. The zero-order valence-corrected chi connectivity index (χ0v) is 15.6. The molecule has 4 rings (SSSR count). The van der Waals surface area contributed by atoms with Crippen molar-refractivity contribution in [3.8, 4) is 34.3 Å². The number of rotatable bonds is 3. The normalized spacial score (nSPS) is 26.1. The molecule has 0 bridgehead atoms. The van der Waals surface area contributed by atoms with E-state index in [0.29, 0.717) is 0 Å². The molecule has 31 heavy (non-hydrogen) atoms. The Morgan fingerprint density at radius 1 is 0.839 bits per heavy atom. The molecule has 1 fully saturated rings. The van der Waals surface area contributed by atoms with Gasteiger partial charge in [-0.3, -0.25) is 4.79 Å². The van der Waals surface area contributed by atoms with Crippen molar-refractivity contribution in [3.05, 3.63) is 46.6 Å². The lowest BCUT2D eigenvalue weighted by Gasteiger charge is -2.37. The van der Waals surface area contributed by atoms with E-state index in [9.17, 15) is 40.5 Å². The van der Waals surface area contributed by atoms with Crippen LogP contribution < -0.4 is 10.2 Å². The third-order valence-corrected chi connectivity index (χ3v) is 4.83. The summed E-state index contributed by atoms with van der Waals surface area (Å²) in [4.78, 5) is 13.1. The van der Waals surface area contributed by atoms with E-state index in [2.05, 4.69) is 0 Å². The molecule has 2 heterocycles. The average Bonchev–Trinajstić information content (AvgIpc) is 2.72. The van der Waals surface area contributed by atoms with E-state index in [1.807, 2.05) is 0 Å². The summed E-state index contributed by atoms with van der Waals surface area (Å²) in [5.41, 5.74) is -0.854. The Balaban J connectivity index is 1.90. The van der Waals surface area contributed by atoms with Crippen LogP contribution >= 0.6 is 0 Å². The molecule has 1 aliphatic heterocycles. The molecule has 0 radical (unpaired) electrons. The van der Waals surface area contributed by atoms with Crippen molar-refractivity contribution < 1.29 is 49.6 Å². The molecule has 0 aliphatic carbocycles. The second-order valence-corrected chi connectivity index (χ2v) is 6.96. The molecule has 2 aromatic carbocycles. The van der Waals surface area contributed by atoms with Gasteiger partial charge in [-0.05, 0) is 24.3 Å². The summed E-state index contributed by atoms with van der Waals surface area (Å²) in [6.45, 7) is 0. The van der Waals surface area contributed by atoms with Gasteiger partial charge in [-0.25, -0.2) is 0 Å². The van der Waals surface area contributed by atoms with Crippen molar-refractivity contribution in [2.45, 2.75) is 30.9 Å². The standard InChI is InChI=1S/C20H18O11/c21-8-3-1-7(2-4-8)17-18(30-20-16(27)14(25)15(26)19(28)31-20)13(24)12-10(23)5-9(22)6-11(12)29-17/h1-6,14-16,19-23,25-28H/t14-,15-,16+,19-,20+/m0/s1. The van der Waals surface area contributed by atoms with Gasteiger partial charge in [0.15, 0.2) is 12.1 Å². The molecule has 1 saturated heterocycles. The molecule has 1 aromatic heterocycles. The lowest BCUT2D eigenvalue weighted by molar-refractivity contribution is -0.321. The molecule has 0 amide bonds. The van der Waals surface area contributed by atoms with Crippen LogP contribution in [-0.2, 0) is 4.74 Å². The number of ether oxygens (including phenoxy) is 2. The summed E-state index contributed by atoms with van der Waals surface area (Å²) in [6.07, 6.45) is -9.22. The van der Waals surface area contributed by atoms with E-state index in [1.165, 1.54) is 24.3 Å². The Bertz CT molecular complexity index is 1170. The lowest BCUT2D eigenvalue weighted by atomic mass is 10.0. The van der Waals surface area contributed by atoms with Crippen molar-refractivity contribution in [3.63, 3.8) is 0 Å². The Kier molecular flexibility index (Phi) is 5.21. The van der Waals surface area contributed by atoms with E-state index in [1.54, 1.807) is 0 Å². The van der Waals surface area contributed by atoms with Crippen LogP contribution in [0.5, 0.6) is 23.0 Å². The van der Waals surface area contributed by atoms with Crippen molar-refractivity contribution in [1.29, 1.82) is 0 Å². The van der Waals surface area contributed by atoms with Gasteiger partial charge in [0, 0.05) is 17.7 Å². The highest BCUT2D eigenvalue weighted by Crippen LogP contribution is 2.37. The molecular weight excluding hydrogens is 416 g/mol. The van der Waals surface area contributed by atoms with E-state index >= 15 is 0 Å². The summed E-state index contributed by atoms with van der Waals surface area (Å²) in [6, 6.07) is 7.40. The number of hydrogen-bond acceptors (Lipinski definition) is 11. The van der Waals surface area contributed by atoms with Crippen molar-refractivity contribution in [2.75, 3.05) is 0 Å². The van der Waals surface area contributed by atoms with E-state index in [-0.39, 0.29) is 33.8 Å². The Morgan fingerprint density at radius 2 is 1.52 bits per heavy atom. The average molecular weight is 434 g/mol. The molecule has 5 atom stereocenters. The van der Waals surface area contributed by atoms with Gasteiger partial charge in [-0.2, -0.15) is 0 Å². The van der Waals surface area contributed by atoms with E-state index < -0.39 is 47.8 Å². The van der Waals surface area contributed by atoms with Gasteiger partial charge in [0.25, 0.3) is 0 Å². The van der Waals surface area contributed by atoms with Crippen LogP contribution in [0.2, 0.25) is 0 Å². The predicted octanol–water partition coefficient (Wildman–Crippen LogP) is -0.287. The molecule has 7 N–H and O–H groups in total. The quantitative estimate of drug-likeness (QED) is 0.287. The minimum atomic E-state index is -1.92. The molecule has 11 heteroatoms. The van der Waals surface area contributed by atoms with Crippen LogP contribution in [0.1, 0.15) is 0 Å². The second kappa shape index (κ2) is 7.72. The number of hydrogen-bond donors (Lipinski definition) is 7. The van der Waals surface area contributed by atoms with Crippen LogP contribution in [-0.4, -0.2) is 66.6 Å². The highest BCUT2D eigenvalue weighted by molar-refractivity contribution is 5.88. The lowest BCUT2D eigenvalue weighted by Crippen LogP contribution is -2.59. The van der Waals surface area contributed by atoms with Crippen molar-refractivity contribution in [2.24, 2.45) is 0 Å². The smallest absolute Gasteiger partial charge is 0.239 e. The first-order valence-electron chi connectivity index (χ1n) is 9.04. The molecule has 164 valence electrons. The van der Waals surface area contributed by atoms with Gasteiger partial charge < -0.3 is 49.6 Å². The number of aliphatic hydroxyl groups excluding tert-OH is 4. The largest absolute Gasteiger partial charge is 0.508 e. The fraction of sp³-hybridized carbons (Fsp3) is 0.250. The Hall–Kier alpha value is -3.35. The maximum Gasteiger partial charge on any atom is 0.239 e. The number of aliphatic hydroxyl groups is 4. The highest BCUT2D eigenvalue weighted by atomic mass is 16.7. The zero-order chi connectivity index (χ0) is 22.4. The molecule has 1 aliphatic rings. The van der Waals surface area contributed by atoms with Gasteiger partial charge in [0.1, 0.15) is 46.5 Å². The summed E-state index contributed by atoms with van der Waals surface area (Å²) in [5.74, 6) is -1.82. The second-order valence-electron chi connectivity index (χ2n) is 6.96. The molecule has 0 saturated carbocycles. The predicted molar refractivity (Wildman–Crippen MR) is 102 cm³/mol. The molecular formula is C20H18O11. The minimum absolute atomic E-state index is 0.0732. The number of aromatic hydroxyl groups is 3. The topological polar surface area (TPSA) is 190 Å². The molecule has 3 aromatic rings. The molecule has 11 nitrogen and oxygen atoms in total. The van der Waals surface area contributed by atoms with Gasteiger partial charge in [-0.1, -0.05) is 0 Å². The SMILES string of the molecule is O=c1c(O[C@@H]2O[C@H](O)[C@@H](O)[C@H](O)[C@H]2O)c(-c2ccc(O)cc2)oc2cc(O)cc(O)c12.